The van der Waals surface area contributed by atoms with Crippen LogP contribution in [-0.2, 0) is 28.8 Å². The van der Waals surface area contributed by atoms with Gasteiger partial charge in [0.2, 0.25) is 0 Å². The molecule has 0 aliphatic carbocycles. The number of unbranched alkanes of at least 4 members (excludes halogenated alkanes) is 1. The molecule has 210 valence electrons. The first-order valence-corrected chi connectivity index (χ1v) is 14.8. The second-order valence-corrected chi connectivity index (χ2v) is 12.4. The summed E-state index contributed by atoms with van der Waals surface area (Å²) >= 11 is 0. The number of ether oxygens (including phenoxy) is 3. The third-order valence-corrected chi connectivity index (χ3v) is 7.88. The molecule has 1 saturated heterocycles. The lowest BCUT2D eigenvalue weighted by Gasteiger charge is -2.31. The molecule has 6 heteroatoms. The number of hydrogen-bond acceptors (Lipinski definition) is 6. The Labute approximate surface area is 233 Å². The van der Waals surface area contributed by atoms with Crippen molar-refractivity contribution >= 4 is 17.4 Å². The van der Waals surface area contributed by atoms with Crippen molar-refractivity contribution in [1.82, 2.24) is 0 Å². The third-order valence-electron chi connectivity index (χ3n) is 7.88. The summed E-state index contributed by atoms with van der Waals surface area (Å²) in [6, 6.07) is 8.69. The van der Waals surface area contributed by atoms with Gasteiger partial charge in [-0.2, -0.15) is 0 Å². The van der Waals surface area contributed by atoms with Crippen molar-refractivity contribution in [2.45, 2.75) is 97.6 Å². The molecular weight excluding hydrogens is 488 g/mol. The number of nitrogens with zero attached hydrogens (tertiary/aromatic N) is 2. The smallest absolute Gasteiger partial charge is 0.310 e. The quantitative estimate of drug-likeness (QED) is 0.274. The molecule has 0 saturated carbocycles. The van der Waals surface area contributed by atoms with Crippen LogP contribution < -0.4 is 14.4 Å². The van der Waals surface area contributed by atoms with Crippen LogP contribution >= 0.6 is 0 Å². The summed E-state index contributed by atoms with van der Waals surface area (Å²) in [5, 5.41) is 0. The van der Waals surface area contributed by atoms with Crippen LogP contribution in [0.5, 0.6) is 11.5 Å². The van der Waals surface area contributed by atoms with Crippen molar-refractivity contribution in [3.8, 4) is 11.5 Å². The van der Waals surface area contributed by atoms with Gasteiger partial charge in [0, 0.05) is 41.9 Å². The van der Waals surface area contributed by atoms with Crippen LogP contribution in [0.2, 0.25) is 0 Å². The van der Waals surface area contributed by atoms with Crippen molar-refractivity contribution in [2.75, 3.05) is 31.2 Å². The summed E-state index contributed by atoms with van der Waals surface area (Å²) in [6.07, 6.45) is 6.20. The number of esters is 1. The molecule has 3 aliphatic rings. The van der Waals surface area contributed by atoms with Gasteiger partial charge in [-0.3, -0.25) is 9.79 Å². The standard InChI is InChI=1S/C33H44N2O4/c1-7-9-16-38-28(36)19-22-12-13-23(17-26(22)35-14-10-11-15-35)30-29-24(20-32(3,4)34-30)18-27(37-8-2)31-25(29)21-33(5,6)39-31/h12-13,17-18H,7-11,14-16,19-21H2,1-6H3. The van der Waals surface area contributed by atoms with Crippen molar-refractivity contribution in [3.05, 3.63) is 52.1 Å². The van der Waals surface area contributed by atoms with Gasteiger partial charge in [0.25, 0.3) is 0 Å². The molecule has 0 spiro atoms. The Balaban J connectivity index is 1.59. The molecule has 0 aromatic heterocycles. The minimum absolute atomic E-state index is 0.154. The molecule has 0 radical (unpaired) electrons. The molecule has 0 amide bonds. The first-order valence-electron chi connectivity index (χ1n) is 14.8. The van der Waals surface area contributed by atoms with Gasteiger partial charge < -0.3 is 19.1 Å². The second kappa shape index (κ2) is 10.9. The summed E-state index contributed by atoms with van der Waals surface area (Å²) in [5.74, 6) is 1.54. The van der Waals surface area contributed by atoms with Gasteiger partial charge in [-0.1, -0.05) is 25.5 Å². The van der Waals surface area contributed by atoms with Gasteiger partial charge in [-0.05, 0) is 83.6 Å². The number of carbonyl (C=O) groups is 1. The van der Waals surface area contributed by atoms with Crippen LogP contribution in [-0.4, -0.2) is 49.1 Å². The van der Waals surface area contributed by atoms with Crippen LogP contribution in [0.25, 0.3) is 0 Å². The molecule has 6 nitrogen and oxygen atoms in total. The maximum atomic E-state index is 12.7. The van der Waals surface area contributed by atoms with Crippen LogP contribution in [0.3, 0.4) is 0 Å². The number of anilines is 1. The Bertz CT molecular complexity index is 1270. The van der Waals surface area contributed by atoms with Gasteiger partial charge in [0.05, 0.1) is 30.9 Å². The molecule has 0 unspecified atom stereocenters. The van der Waals surface area contributed by atoms with Gasteiger partial charge in [0.15, 0.2) is 11.5 Å². The highest BCUT2D eigenvalue weighted by molar-refractivity contribution is 6.16. The van der Waals surface area contributed by atoms with Gasteiger partial charge in [-0.15, -0.1) is 0 Å². The summed E-state index contributed by atoms with van der Waals surface area (Å²) in [6.45, 7) is 15.9. The molecule has 3 heterocycles. The highest BCUT2D eigenvalue weighted by Gasteiger charge is 2.40. The zero-order valence-electron chi connectivity index (χ0n) is 24.6. The highest BCUT2D eigenvalue weighted by atomic mass is 16.5. The van der Waals surface area contributed by atoms with E-state index in [1.54, 1.807) is 0 Å². The van der Waals surface area contributed by atoms with Crippen LogP contribution in [0.1, 0.15) is 95.0 Å². The molecule has 3 aliphatic heterocycles. The molecular formula is C33H44N2O4. The molecule has 0 atom stereocenters. The molecule has 5 rings (SSSR count). The van der Waals surface area contributed by atoms with E-state index in [-0.39, 0.29) is 17.1 Å². The highest BCUT2D eigenvalue weighted by Crippen LogP contribution is 2.48. The molecule has 0 bridgehead atoms. The lowest BCUT2D eigenvalue weighted by atomic mass is 9.80. The molecule has 39 heavy (non-hydrogen) atoms. The maximum Gasteiger partial charge on any atom is 0.310 e. The Kier molecular flexibility index (Phi) is 7.67. The zero-order chi connectivity index (χ0) is 27.8. The van der Waals surface area contributed by atoms with Crippen LogP contribution in [0, 0.1) is 0 Å². The topological polar surface area (TPSA) is 60.4 Å². The molecule has 0 N–H and O–H groups in total. The van der Waals surface area contributed by atoms with Gasteiger partial charge >= 0.3 is 5.97 Å². The second-order valence-electron chi connectivity index (χ2n) is 12.4. The van der Waals surface area contributed by atoms with Crippen molar-refractivity contribution in [3.63, 3.8) is 0 Å². The monoisotopic (exact) mass is 532 g/mol. The fourth-order valence-corrected chi connectivity index (χ4v) is 6.19. The normalized spacial score (nSPS) is 18.7. The first-order chi connectivity index (χ1) is 18.6. The summed E-state index contributed by atoms with van der Waals surface area (Å²) < 4.78 is 18.0. The van der Waals surface area contributed by atoms with E-state index >= 15 is 0 Å². The largest absolute Gasteiger partial charge is 0.490 e. The van der Waals surface area contributed by atoms with Crippen molar-refractivity contribution < 1.29 is 19.0 Å². The number of rotatable bonds is 9. The van der Waals surface area contributed by atoms with E-state index in [0.717, 1.165) is 72.8 Å². The van der Waals surface area contributed by atoms with E-state index in [2.05, 4.69) is 63.8 Å². The Morgan fingerprint density at radius 2 is 1.85 bits per heavy atom. The minimum Gasteiger partial charge on any atom is -0.490 e. The first kappa shape index (κ1) is 27.5. The van der Waals surface area contributed by atoms with Crippen molar-refractivity contribution in [2.24, 2.45) is 4.99 Å². The Hall–Kier alpha value is -3.02. The van der Waals surface area contributed by atoms with Gasteiger partial charge in [-0.25, -0.2) is 0 Å². The Morgan fingerprint density at radius 3 is 2.56 bits per heavy atom. The van der Waals surface area contributed by atoms with E-state index in [9.17, 15) is 4.79 Å². The molecule has 2 aromatic carbocycles. The van der Waals surface area contributed by atoms with Gasteiger partial charge in [0.1, 0.15) is 5.60 Å². The SMILES string of the molecule is CCCCOC(=O)Cc1ccc(C2=NC(C)(C)Cc3cc(OCC)c4c(c32)CC(C)(C)O4)cc1N1CCCC1. The van der Waals surface area contributed by atoms with Crippen LogP contribution in [0.4, 0.5) is 5.69 Å². The average Bonchev–Trinajstić information content (AvgIpc) is 3.51. The van der Waals surface area contributed by atoms with Crippen LogP contribution in [0.15, 0.2) is 29.3 Å². The fraction of sp³-hybridized carbons (Fsp3) is 0.576. The predicted octanol–water partition coefficient (Wildman–Crippen LogP) is 6.46. The third kappa shape index (κ3) is 5.80. The predicted molar refractivity (Wildman–Crippen MR) is 157 cm³/mol. The summed E-state index contributed by atoms with van der Waals surface area (Å²) in [4.78, 5) is 20.4. The average molecular weight is 533 g/mol. The zero-order valence-corrected chi connectivity index (χ0v) is 24.6. The van der Waals surface area contributed by atoms with E-state index in [1.165, 1.54) is 29.5 Å². The summed E-state index contributed by atoms with van der Waals surface area (Å²) in [7, 11) is 0. The minimum atomic E-state index is -0.301. The maximum absolute atomic E-state index is 12.7. The lowest BCUT2D eigenvalue weighted by molar-refractivity contribution is -0.142. The molecule has 2 aromatic rings. The Morgan fingerprint density at radius 1 is 1.08 bits per heavy atom. The lowest BCUT2D eigenvalue weighted by Crippen LogP contribution is -2.31. The number of fused-ring (bicyclic) bond motifs is 3. The fourth-order valence-electron chi connectivity index (χ4n) is 6.19. The summed E-state index contributed by atoms with van der Waals surface area (Å²) in [5.41, 5.74) is 7.36. The number of carbonyl (C=O) groups excluding carboxylic acids is 1. The van der Waals surface area contributed by atoms with E-state index < -0.39 is 0 Å². The van der Waals surface area contributed by atoms with E-state index in [0.29, 0.717) is 19.6 Å². The number of aliphatic imine (C=N–C) groups is 1. The van der Waals surface area contributed by atoms with Crippen molar-refractivity contribution in [1.29, 1.82) is 0 Å². The number of benzene rings is 2. The number of hydrogen-bond donors (Lipinski definition) is 0. The van der Waals surface area contributed by atoms with E-state index in [4.69, 9.17) is 19.2 Å². The molecule has 1 fully saturated rings. The van der Waals surface area contributed by atoms with E-state index in [1.807, 2.05) is 6.92 Å².